The van der Waals surface area contributed by atoms with Gasteiger partial charge in [0.2, 0.25) is 11.8 Å². The number of likely N-dealkylation sites (tertiary alicyclic amines) is 1. The molecular formula is C23H27FN2O3S. The summed E-state index contributed by atoms with van der Waals surface area (Å²) in [7, 11) is 0. The van der Waals surface area contributed by atoms with Crippen molar-refractivity contribution in [2.24, 2.45) is 0 Å². The molecule has 1 atom stereocenters. The molecule has 160 valence electrons. The van der Waals surface area contributed by atoms with Crippen molar-refractivity contribution in [3.8, 4) is 0 Å². The zero-order valence-electron chi connectivity index (χ0n) is 16.9. The van der Waals surface area contributed by atoms with Gasteiger partial charge in [-0.1, -0.05) is 18.2 Å². The lowest BCUT2D eigenvalue weighted by atomic mass is 9.74. The van der Waals surface area contributed by atoms with E-state index in [2.05, 4.69) is 5.32 Å². The predicted molar refractivity (Wildman–Crippen MR) is 114 cm³/mol. The second-order valence-corrected chi connectivity index (χ2v) is 9.15. The van der Waals surface area contributed by atoms with Crippen molar-refractivity contribution in [1.82, 2.24) is 10.2 Å². The molecule has 2 saturated heterocycles. The number of hydrogen-bond acceptors (Lipinski definition) is 4. The molecule has 4 rings (SSSR count). The number of carbonyl (C=O) groups is 2. The number of ether oxygens (including phenoxy) is 1. The van der Waals surface area contributed by atoms with Crippen molar-refractivity contribution < 1.29 is 18.7 Å². The molecule has 0 saturated carbocycles. The number of rotatable bonds is 6. The van der Waals surface area contributed by atoms with Gasteiger partial charge in [-0.2, -0.15) is 0 Å². The van der Waals surface area contributed by atoms with Crippen LogP contribution in [0.25, 0.3) is 0 Å². The van der Waals surface area contributed by atoms with Gasteiger partial charge in [0.1, 0.15) is 11.9 Å². The lowest BCUT2D eigenvalue weighted by molar-refractivity contribution is -0.138. The van der Waals surface area contributed by atoms with Crippen LogP contribution in [0.5, 0.6) is 0 Å². The van der Waals surface area contributed by atoms with Crippen LogP contribution >= 0.6 is 11.3 Å². The van der Waals surface area contributed by atoms with Crippen molar-refractivity contribution >= 4 is 23.2 Å². The van der Waals surface area contributed by atoms with E-state index in [0.717, 1.165) is 29.7 Å². The molecule has 2 fully saturated rings. The van der Waals surface area contributed by atoms with Gasteiger partial charge in [-0.05, 0) is 54.8 Å². The SMILES string of the molecule is O=C(NCC1(c2ccc(F)cc2)CCOCC1)C1CCCN1C(=O)Cc1cccs1. The van der Waals surface area contributed by atoms with Crippen molar-refractivity contribution in [3.63, 3.8) is 0 Å². The molecule has 0 radical (unpaired) electrons. The van der Waals surface area contributed by atoms with Gasteiger partial charge in [0.05, 0.1) is 6.42 Å². The van der Waals surface area contributed by atoms with E-state index < -0.39 is 6.04 Å². The minimum atomic E-state index is -0.414. The van der Waals surface area contributed by atoms with Crippen LogP contribution < -0.4 is 5.32 Å². The molecule has 0 aliphatic carbocycles. The molecule has 2 aromatic rings. The Morgan fingerprint density at radius 3 is 2.67 bits per heavy atom. The van der Waals surface area contributed by atoms with E-state index >= 15 is 0 Å². The predicted octanol–water partition coefficient (Wildman–Crippen LogP) is 3.29. The average Bonchev–Trinajstić information content (AvgIpc) is 3.45. The minimum Gasteiger partial charge on any atom is -0.381 e. The lowest BCUT2D eigenvalue weighted by Crippen LogP contribution is -2.51. The van der Waals surface area contributed by atoms with Gasteiger partial charge in [0.15, 0.2) is 0 Å². The van der Waals surface area contributed by atoms with E-state index in [1.54, 1.807) is 28.4 Å². The number of nitrogens with one attached hydrogen (secondary N) is 1. The molecule has 1 unspecified atom stereocenters. The fraction of sp³-hybridized carbons (Fsp3) is 0.478. The highest BCUT2D eigenvalue weighted by Gasteiger charge is 2.38. The van der Waals surface area contributed by atoms with Gasteiger partial charge in [-0.15, -0.1) is 11.3 Å². The maximum absolute atomic E-state index is 13.4. The molecule has 30 heavy (non-hydrogen) atoms. The summed E-state index contributed by atoms with van der Waals surface area (Å²) < 4.78 is 19.0. The van der Waals surface area contributed by atoms with Crippen LogP contribution in [0.3, 0.4) is 0 Å². The molecule has 2 aliphatic heterocycles. The highest BCUT2D eigenvalue weighted by molar-refractivity contribution is 7.10. The molecule has 7 heteroatoms. The van der Waals surface area contributed by atoms with Crippen LogP contribution in [0, 0.1) is 5.82 Å². The van der Waals surface area contributed by atoms with Gasteiger partial charge in [0, 0.05) is 36.6 Å². The molecule has 5 nitrogen and oxygen atoms in total. The monoisotopic (exact) mass is 430 g/mol. The van der Waals surface area contributed by atoms with E-state index in [1.165, 1.54) is 12.1 Å². The molecule has 0 bridgehead atoms. The first-order chi connectivity index (χ1) is 14.6. The number of amides is 2. The second-order valence-electron chi connectivity index (χ2n) is 8.12. The summed E-state index contributed by atoms with van der Waals surface area (Å²) in [5.74, 6) is -0.356. The van der Waals surface area contributed by atoms with Crippen LogP contribution in [0.1, 0.15) is 36.1 Å². The lowest BCUT2D eigenvalue weighted by Gasteiger charge is -2.38. The Morgan fingerprint density at radius 2 is 1.97 bits per heavy atom. The number of halogens is 1. The Labute approximate surface area is 180 Å². The molecule has 0 spiro atoms. The standard InChI is InChI=1S/C23H27FN2O3S/c24-18-7-5-17(6-8-18)23(9-12-29-13-10-23)16-25-22(28)20-4-1-11-26(20)21(27)15-19-3-2-14-30-19/h2-3,5-8,14,20H,1,4,9-13,15-16H2,(H,25,28). The summed E-state index contributed by atoms with van der Waals surface area (Å²) in [5.41, 5.74) is 0.746. The topological polar surface area (TPSA) is 58.6 Å². The van der Waals surface area contributed by atoms with Crippen molar-refractivity contribution in [2.45, 2.75) is 43.6 Å². The fourth-order valence-corrected chi connectivity index (χ4v) is 5.20. The Kier molecular flexibility index (Phi) is 6.49. The van der Waals surface area contributed by atoms with Crippen molar-refractivity contribution in [3.05, 3.63) is 58.0 Å². The largest absolute Gasteiger partial charge is 0.381 e. The van der Waals surface area contributed by atoms with E-state index in [-0.39, 0.29) is 23.0 Å². The molecule has 1 aromatic heterocycles. The zero-order valence-corrected chi connectivity index (χ0v) is 17.8. The average molecular weight is 431 g/mol. The summed E-state index contributed by atoms with van der Waals surface area (Å²) in [5, 5.41) is 5.07. The third-order valence-electron chi connectivity index (χ3n) is 6.29. The molecule has 1 N–H and O–H groups in total. The molecule has 1 aromatic carbocycles. The smallest absolute Gasteiger partial charge is 0.242 e. The van der Waals surface area contributed by atoms with Gasteiger partial charge < -0.3 is 15.0 Å². The summed E-state index contributed by atoms with van der Waals surface area (Å²) in [6.45, 7) is 2.31. The summed E-state index contributed by atoms with van der Waals surface area (Å²) >= 11 is 1.56. The zero-order chi connectivity index (χ0) is 21.0. The molecule has 2 aliphatic rings. The summed E-state index contributed by atoms with van der Waals surface area (Å²) in [4.78, 5) is 28.5. The van der Waals surface area contributed by atoms with Gasteiger partial charge in [-0.3, -0.25) is 9.59 Å². The Balaban J connectivity index is 1.42. The summed E-state index contributed by atoms with van der Waals surface area (Å²) in [6.07, 6.45) is 3.41. The third kappa shape index (κ3) is 4.57. The van der Waals surface area contributed by atoms with Crippen LogP contribution in [0.15, 0.2) is 41.8 Å². The number of hydrogen-bond donors (Lipinski definition) is 1. The molecule has 3 heterocycles. The molecular weight excluding hydrogens is 403 g/mol. The first-order valence-corrected chi connectivity index (χ1v) is 11.4. The Bertz CT molecular complexity index is 863. The number of benzene rings is 1. The normalized spacial score (nSPS) is 20.8. The second kappa shape index (κ2) is 9.27. The van der Waals surface area contributed by atoms with E-state index in [0.29, 0.717) is 39.1 Å². The maximum atomic E-state index is 13.4. The summed E-state index contributed by atoms with van der Waals surface area (Å²) in [6, 6.07) is 10.0. The minimum absolute atomic E-state index is 0.00872. The van der Waals surface area contributed by atoms with Crippen molar-refractivity contribution in [2.75, 3.05) is 26.3 Å². The third-order valence-corrected chi connectivity index (χ3v) is 7.17. The van der Waals surface area contributed by atoms with Crippen LogP contribution in [-0.4, -0.2) is 49.1 Å². The Morgan fingerprint density at radius 1 is 1.20 bits per heavy atom. The van der Waals surface area contributed by atoms with Crippen LogP contribution in [0.2, 0.25) is 0 Å². The molecule has 2 amide bonds. The fourth-order valence-electron chi connectivity index (χ4n) is 4.51. The Hall–Kier alpha value is -2.25. The van der Waals surface area contributed by atoms with E-state index in [1.807, 2.05) is 17.5 Å². The number of nitrogens with zero attached hydrogens (tertiary/aromatic N) is 1. The number of carbonyl (C=O) groups excluding carboxylic acids is 2. The number of thiophene rings is 1. The van der Waals surface area contributed by atoms with Gasteiger partial charge in [0.25, 0.3) is 0 Å². The van der Waals surface area contributed by atoms with Crippen LogP contribution in [-0.2, 0) is 26.2 Å². The van der Waals surface area contributed by atoms with E-state index in [9.17, 15) is 14.0 Å². The first kappa shape index (κ1) is 21.0. The van der Waals surface area contributed by atoms with E-state index in [4.69, 9.17) is 4.74 Å². The first-order valence-electron chi connectivity index (χ1n) is 10.5. The van der Waals surface area contributed by atoms with Crippen LogP contribution in [0.4, 0.5) is 4.39 Å². The quantitative estimate of drug-likeness (QED) is 0.765. The van der Waals surface area contributed by atoms with Gasteiger partial charge >= 0.3 is 0 Å². The highest BCUT2D eigenvalue weighted by atomic mass is 32.1. The maximum Gasteiger partial charge on any atom is 0.242 e. The highest BCUT2D eigenvalue weighted by Crippen LogP contribution is 2.34. The van der Waals surface area contributed by atoms with Gasteiger partial charge in [-0.25, -0.2) is 4.39 Å². The van der Waals surface area contributed by atoms with Crippen molar-refractivity contribution in [1.29, 1.82) is 0 Å².